The van der Waals surface area contributed by atoms with E-state index in [0.29, 0.717) is 0 Å². The molecule has 24 heavy (non-hydrogen) atoms. The molecule has 0 radical (unpaired) electrons. The molecule has 4 bridgehead atoms. The van der Waals surface area contributed by atoms with Crippen LogP contribution in [0, 0.1) is 0 Å². The van der Waals surface area contributed by atoms with Gasteiger partial charge >= 0.3 is 0 Å². The fraction of sp³-hybridized carbons (Fsp3) is 1.00. The zero-order valence-corrected chi connectivity index (χ0v) is 17.8. The fourth-order valence-electron chi connectivity index (χ4n) is 9.44. The molecule has 0 aliphatic carbocycles. The number of hydrogen-bond donors (Lipinski definition) is 0. The molecule has 0 aromatic rings. The molecule has 5 heterocycles. The van der Waals surface area contributed by atoms with Crippen LogP contribution in [0.2, 0.25) is 23.3 Å². The molecule has 2 spiro atoms. The van der Waals surface area contributed by atoms with E-state index in [1.54, 1.807) is 88.4 Å². The van der Waals surface area contributed by atoms with E-state index in [1.165, 1.54) is 23.3 Å². The van der Waals surface area contributed by atoms with Crippen molar-refractivity contribution in [2.45, 2.75) is 100 Å². The Morgan fingerprint density at radius 2 is 0.750 bits per heavy atom. The molecule has 136 valence electrons. The molecule has 5 saturated heterocycles. The molecule has 0 saturated carbocycles. The van der Waals surface area contributed by atoms with E-state index in [1.807, 2.05) is 0 Å². The van der Waals surface area contributed by atoms with Crippen molar-refractivity contribution in [2.24, 2.45) is 0 Å². The normalized spacial score (nSPS) is 57.2. The van der Waals surface area contributed by atoms with Crippen molar-refractivity contribution in [2.75, 3.05) is 23.8 Å². The average Bonchev–Trinajstić information content (AvgIpc) is 2.52. The molecule has 5 rings (SSSR count). The molecule has 5 aliphatic heterocycles. The molecule has 5 aliphatic rings. The molecule has 2 atom stereocenters. The van der Waals surface area contributed by atoms with Crippen LogP contribution in [-0.2, 0) is 21.5 Å². The Morgan fingerprint density at radius 1 is 0.500 bits per heavy atom. The molecule has 5 fully saturated rings. The second-order valence-corrected chi connectivity index (χ2v) is 15.9. The first kappa shape index (κ1) is 17.0. The molecule has 4 heteroatoms. The molecular weight excluding hydrogens is 326 g/mol. The lowest BCUT2D eigenvalue weighted by molar-refractivity contribution is 0.437. The van der Waals surface area contributed by atoms with Crippen molar-refractivity contribution >= 4 is 32.3 Å². The quantitative estimate of drug-likeness (QED) is 0.383. The highest BCUT2D eigenvalue weighted by Gasteiger charge is 2.67. The highest BCUT2D eigenvalue weighted by Crippen LogP contribution is 2.63. The van der Waals surface area contributed by atoms with E-state index in [4.69, 9.17) is 0 Å². The van der Waals surface area contributed by atoms with Crippen LogP contribution in [0.5, 0.6) is 0 Å². The van der Waals surface area contributed by atoms with Crippen LogP contribution >= 0.6 is 0 Å². The first-order valence-corrected chi connectivity index (χ1v) is 15.0. The van der Waals surface area contributed by atoms with Gasteiger partial charge in [0.25, 0.3) is 10.8 Å². The highest BCUT2D eigenvalue weighted by atomic mass is 32.2. The van der Waals surface area contributed by atoms with Gasteiger partial charge in [0.1, 0.15) is 0 Å². The van der Waals surface area contributed by atoms with Gasteiger partial charge in [-0.15, -0.1) is 23.3 Å². The Balaban J connectivity index is 1.50. The minimum Gasteiger partial charge on any atom is -0.253 e. The van der Waals surface area contributed by atoms with Gasteiger partial charge in [-0.1, -0.05) is 77.0 Å². The first-order valence-electron chi connectivity index (χ1n) is 11.3. The predicted molar refractivity (Wildman–Crippen MR) is 118 cm³/mol. The van der Waals surface area contributed by atoms with E-state index in [9.17, 15) is 0 Å². The Bertz CT molecular complexity index is 408. The predicted octanol–water partition coefficient (Wildman–Crippen LogP) is 5.68. The van der Waals surface area contributed by atoms with Crippen molar-refractivity contribution in [1.29, 1.82) is 0 Å². The van der Waals surface area contributed by atoms with Crippen LogP contribution in [0.1, 0.15) is 77.0 Å². The Labute approximate surface area is 156 Å². The van der Waals surface area contributed by atoms with E-state index in [0.717, 1.165) is 21.5 Å². The minimum atomic E-state index is 0.0116. The summed E-state index contributed by atoms with van der Waals surface area (Å²) in [6.45, 7) is 0. The summed E-state index contributed by atoms with van der Waals surface area (Å²) in [5.74, 6) is 4.77. The highest BCUT2D eigenvalue weighted by molar-refractivity contribution is 8.39. The topological polar surface area (TPSA) is 0 Å². The van der Waals surface area contributed by atoms with Gasteiger partial charge in [0.05, 0.1) is 0 Å². The molecule has 0 aromatic heterocycles. The molecule has 0 aromatic carbocycles. The van der Waals surface area contributed by atoms with E-state index in [-0.39, 0.29) is 10.8 Å². The largest absolute Gasteiger partial charge is 0.267 e. The second-order valence-electron chi connectivity index (χ2n) is 10.7. The summed E-state index contributed by atoms with van der Waals surface area (Å²) in [5.41, 5.74) is 3.53. The molecule has 0 N–H and O–H groups in total. The van der Waals surface area contributed by atoms with Crippen LogP contribution in [0.15, 0.2) is 0 Å². The summed E-state index contributed by atoms with van der Waals surface area (Å²) >= 11 is 0. The van der Waals surface area contributed by atoms with Gasteiger partial charge in [0.2, 0.25) is 0 Å². The Morgan fingerprint density at radius 3 is 1.00 bits per heavy atom. The molecule has 0 nitrogen and oxygen atoms in total. The van der Waals surface area contributed by atoms with Crippen molar-refractivity contribution in [3.63, 3.8) is 0 Å². The SMILES string of the molecule is C[S+]1C[B-]2(C3CCCC2CCC3)[S+](C)C[B-]12C1CCCC2CCC1. The van der Waals surface area contributed by atoms with Crippen LogP contribution in [0.3, 0.4) is 0 Å². The monoisotopic (exact) mass is 364 g/mol. The lowest BCUT2D eigenvalue weighted by atomic mass is 9.25. The third-order valence-corrected chi connectivity index (χ3v) is 17.8. The Kier molecular flexibility index (Phi) is 4.37. The first-order chi connectivity index (χ1) is 11.7. The number of hydrogen-bond acceptors (Lipinski definition) is 0. The third kappa shape index (κ3) is 2.17. The molecule has 0 amide bonds. The Hall–Kier alpha value is 0.830. The van der Waals surface area contributed by atoms with Crippen LogP contribution < -0.4 is 0 Å². The van der Waals surface area contributed by atoms with E-state index in [2.05, 4.69) is 12.5 Å². The lowest BCUT2D eigenvalue weighted by Gasteiger charge is -2.65. The maximum absolute atomic E-state index is 2.81. The summed E-state index contributed by atoms with van der Waals surface area (Å²) in [6, 6.07) is 0. The minimum absolute atomic E-state index is 0.0116. The fourth-order valence-corrected chi connectivity index (χ4v) is 19.8. The van der Waals surface area contributed by atoms with Gasteiger partial charge in [-0.05, 0) is 11.3 Å². The maximum Gasteiger partial charge on any atom is 0.267 e. The van der Waals surface area contributed by atoms with Gasteiger partial charge in [0.15, 0.2) is 0 Å². The van der Waals surface area contributed by atoms with Crippen LogP contribution in [0.4, 0.5) is 0 Å². The molecule has 2 unspecified atom stereocenters. The maximum atomic E-state index is 2.81. The van der Waals surface area contributed by atoms with E-state index < -0.39 is 0 Å². The summed E-state index contributed by atoms with van der Waals surface area (Å²) in [6.07, 6.45) is 24.9. The van der Waals surface area contributed by atoms with Crippen molar-refractivity contribution in [1.82, 2.24) is 0 Å². The van der Waals surface area contributed by atoms with Crippen molar-refractivity contribution in [3.8, 4) is 0 Å². The van der Waals surface area contributed by atoms with Gasteiger partial charge in [-0.3, -0.25) is 21.5 Å². The summed E-state index contributed by atoms with van der Waals surface area (Å²) in [4.78, 5) is 0. The zero-order chi connectivity index (χ0) is 16.4. The van der Waals surface area contributed by atoms with Crippen molar-refractivity contribution < 1.29 is 0 Å². The van der Waals surface area contributed by atoms with Crippen LogP contribution in [-0.4, -0.2) is 34.7 Å². The van der Waals surface area contributed by atoms with Gasteiger partial charge in [0, 0.05) is 12.5 Å². The average molecular weight is 364 g/mol. The number of rotatable bonds is 0. The summed E-state index contributed by atoms with van der Waals surface area (Å²) in [7, 11) is 1.57. The van der Waals surface area contributed by atoms with E-state index >= 15 is 0 Å². The summed E-state index contributed by atoms with van der Waals surface area (Å²) in [5, 5.41) is 0. The second kappa shape index (κ2) is 6.18. The van der Waals surface area contributed by atoms with Gasteiger partial charge in [-0.25, -0.2) is 0 Å². The lowest BCUT2D eigenvalue weighted by Crippen LogP contribution is -2.74. The summed E-state index contributed by atoms with van der Waals surface area (Å²) < 4.78 is 0. The van der Waals surface area contributed by atoms with Crippen LogP contribution in [0.25, 0.3) is 0 Å². The smallest absolute Gasteiger partial charge is 0.253 e. The van der Waals surface area contributed by atoms with Gasteiger partial charge in [-0.2, -0.15) is 0 Å². The third-order valence-electron chi connectivity index (χ3n) is 10.3. The molecular formula is C20H38B2S2. The van der Waals surface area contributed by atoms with Crippen molar-refractivity contribution in [3.05, 3.63) is 0 Å². The standard InChI is InChI=1S/C20H38B2S2/c1-23-15-22(19-11-5-12-20(22)14-6-13-19)24(2)16-21(23)17-7-3-8-18(21)10-4-9-17/h17-20H,3-16H2,1-2H3. The van der Waals surface area contributed by atoms with Gasteiger partial charge < -0.3 is 0 Å². The zero-order valence-electron chi connectivity index (χ0n) is 16.2.